The molecule has 0 spiro atoms. The first-order valence-electron chi connectivity index (χ1n) is 12.9. The zero-order valence-electron chi connectivity index (χ0n) is 21.0. The number of Topliss-reactive ketones (excluding diaryl/α,β-unsaturated/α-hetero) is 2. The maximum atomic E-state index is 13.8. The van der Waals surface area contributed by atoms with Crippen LogP contribution in [-0.2, 0) is 0 Å². The number of nitrogens with zero attached hydrogens (tertiary/aromatic N) is 2. The van der Waals surface area contributed by atoms with Gasteiger partial charge in [0.15, 0.2) is 21.9 Å². The number of hydrogen-bond donors (Lipinski definition) is 2. The van der Waals surface area contributed by atoms with Crippen molar-refractivity contribution in [1.82, 2.24) is 9.97 Å². The Morgan fingerprint density at radius 1 is 0.675 bits per heavy atom. The lowest BCUT2D eigenvalue weighted by atomic mass is 9.66. The smallest absolute Gasteiger partial charge is 0.255 e. The average molecular weight is 573 g/mol. The van der Waals surface area contributed by atoms with Crippen LogP contribution < -0.4 is 10.6 Å². The zero-order chi connectivity index (χ0) is 28.0. The van der Waals surface area contributed by atoms with E-state index in [1.807, 2.05) is 0 Å². The molecule has 200 valence electrons. The molecule has 8 nitrogen and oxygen atoms in total. The lowest BCUT2D eigenvalue weighted by Gasteiger charge is -2.35. The van der Waals surface area contributed by atoms with Crippen LogP contribution in [0.25, 0.3) is 11.0 Å². The quantitative estimate of drug-likeness (QED) is 0.283. The summed E-state index contributed by atoms with van der Waals surface area (Å²) in [7, 11) is 0. The molecule has 4 aromatic rings. The Kier molecular flexibility index (Phi) is 6.82. The largest absolute Gasteiger partial charge is 0.321 e. The number of rotatable bonds is 4. The molecule has 3 aromatic carbocycles. The van der Waals surface area contributed by atoms with Crippen LogP contribution in [0.2, 0.25) is 10.3 Å². The minimum atomic E-state index is -0.510. The number of halogens is 2. The number of nitrogens with one attached hydrogen (secondary N) is 2. The van der Waals surface area contributed by atoms with Crippen LogP contribution in [0, 0.1) is 11.8 Å². The molecule has 2 aliphatic rings. The highest BCUT2D eigenvalue weighted by Crippen LogP contribution is 2.44. The Morgan fingerprint density at radius 3 is 1.77 bits per heavy atom. The predicted octanol–water partition coefficient (Wildman–Crippen LogP) is 6.63. The number of anilines is 2. The summed E-state index contributed by atoms with van der Waals surface area (Å²) in [5, 5.41) is 5.69. The lowest BCUT2D eigenvalue weighted by molar-refractivity contribution is 0.0678. The second-order valence-electron chi connectivity index (χ2n) is 9.92. The molecule has 6 rings (SSSR count). The second-order valence-corrected chi connectivity index (χ2v) is 10.6. The Hall–Kier alpha value is -4.14. The van der Waals surface area contributed by atoms with Crippen molar-refractivity contribution in [3.63, 3.8) is 0 Å². The Labute approximate surface area is 239 Å². The summed E-state index contributed by atoms with van der Waals surface area (Å²) in [6, 6.07) is 16.4. The molecular weight excluding hydrogens is 551 g/mol. The highest BCUT2D eigenvalue weighted by atomic mass is 35.5. The van der Waals surface area contributed by atoms with Gasteiger partial charge >= 0.3 is 0 Å². The van der Waals surface area contributed by atoms with Gasteiger partial charge in [-0.3, -0.25) is 19.2 Å². The molecule has 2 unspecified atom stereocenters. The van der Waals surface area contributed by atoms with E-state index in [-0.39, 0.29) is 49.9 Å². The molecule has 1 fully saturated rings. The summed E-state index contributed by atoms with van der Waals surface area (Å²) in [5.74, 6) is -2.19. The van der Waals surface area contributed by atoms with Gasteiger partial charge in [-0.2, -0.15) is 0 Å². The van der Waals surface area contributed by atoms with Gasteiger partial charge in [-0.1, -0.05) is 54.2 Å². The van der Waals surface area contributed by atoms with Crippen molar-refractivity contribution in [3.05, 3.63) is 93.2 Å². The van der Waals surface area contributed by atoms with Crippen molar-refractivity contribution in [2.24, 2.45) is 11.8 Å². The predicted molar refractivity (Wildman–Crippen MR) is 152 cm³/mol. The first-order chi connectivity index (χ1) is 19.3. The van der Waals surface area contributed by atoms with Crippen molar-refractivity contribution in [2.45, 2.75) is 25.7 Å². The van der Waals surface area contributed by atoms with Gasteiger partial charge in [-0.15, -0.1) is 0 Å². The Morgan fingerprint density at radius 2 is 1.20 bits per heavy atom. The highest BCUT2D eigenvalue weighted by Gasteiger charge is 2.45. The molecule has 0 aliphatic heterocycles. The lowest BCUT2D eigenvalue weighted by Crippen LogP contribution is -2.40. The molecule has 1 saturated carbocycles. The maximum absolute atomic E-state index is 13.8. The van der Waals surface area contributed by atoms with E-state index in [2.05, 4.69) is 20.6 Å². The number of carbonyl (C=O) groups excluding carboxylic acids is 4. The van der Waals surface area contributed by atoms with Crippen LogP contribution >= 0.6 is 23.2 Å². The van der Waals surface area contributed by atoms with Crippen molar-refractivity contribution in [2.75, 3.05) is 10.6 Å². The number of carbonyl (C=O) groups is 4. The van der Waals surface area contributed by atoms with E-state index in [9.17, 15) is 19.2 Å². The van der Waals surface area contributed by atoms with Gasteiger partial charge in [0, 0.05) is 23.0 Å². The van der Waals surface area contributed by atoms with Crippen molar-refractivity contribution in [3.8, 4) is 0 Å². The number of ketones is 2. The monoisotopic (exact) mass is 572 g/mol. The van der Waals surface area contributed by atoms with E-state index in [0.717, 1.165) is 12.8 Å². The van der Waals surface area contributed by atoms with Crippen LogP contribution in [0.5, 0.6) is 0 Å². The van der Waals surface area contributed by atoms with Gasteiger partial charge in [0.2, 0.25) is 0 Å². The summed E-state index contributed by atoms with van der Waals surface area (Å²) < 4.78 is 0. The molecule has 0 bridgehead atoms. The number of amides is 2. The molecule has 2 amide bonds. The summed E-state index contributed by atoms with van der Waals surface area (Å²) in [6.45, 7) is 0. The van der Waals surface area contributed by atoms with Crippen LogP contribution in [0.1, 0.15) is 67.1 Å². The molecule has 0 radical (unpaired) electrons. The topological polar surface area (TPSA) is 118 Å². The fraction of sp³-hybridized carbons (Fsp3) is 0.200. The fourth-order valence-corrected chi connectivity index (χ4v) is 5.85. The molecule has 2 aliphatic carbocycles. The number of fused-ring (bicyclic) bond motifs is 3. The third-order valence-electron chi connectivity index (χ3n) is 7.52. The van der Waals surface area contributed by atoms with E-state index in [1.54, 1.807) is 54.6 Å². The van der Waals surface area contributed by atoms with E-state index in [4.69, 9.17) is 23.2 Å². The SMILES string of the molecule is O=C(Nc1ccc(NC(=O)c2ccc3nc(Cl)c(Cl)nc3c2)c2c1C(=O)C1CCCCC1C2=O)c1ccccc1. The average Bonchev–Trinajstić information content (AvgIpc) is 2.97. The van der Waals surface area contributed by atoms with Crippen LogP contribution in [0.15, 0.2) is 60.7 Å². The van der Waals surface area contributed by atoms with E-state index >= 15 is 0 Å². The van der Waals surface area contributed by atoms with Crippen LogP contribution in [0.4, 0.5) is 11.4 Å². The first-order valence-corrected chi connectivity index (χ1v) is 13.6. The van der Waals surface area contributed by atoms with Crippen molar-refractivity contribution < 1.29 is 19.2 Å². The van der Waals surface area contributed by atoms with Crippen molar-refractivity contribution >= 4 is 69.0 Å². The number of benzene rings is 3. The maximum Gasteiger partial charge on any atom is 0.255 e. The molecule has 1 heterocycles. The molecule has 2 N–H and O–H groups in total. The summed E-state index contributed by atoms with van der Waals surface area (Å²) in [4.78, 5) is 62.2. The van der Waals surface area contributed by atoms with Gasteiger partial charge in [0.05, 0.1) is 33.5 Å². The van der Waals surface area contributed by atoms with Crippen LogP contribution in [-0.4, -0.2) is 33.3 Å². The highest BCUT2D eigenvalue weighted by molar-refractivity contribution is 6.40. The van der Waals surface area contributed by atoms with Crippen LogP contribution in [0.3, 0.4) is 0 Å². The summed E-state index contributed by atoms with van der Waals surface area (Å²) >= 11 is 11.9. The van der Waals surface area contributed by atoms with Gasteiger partial charge in [0.25, 0.3) is 11.8 Å². The second kappa shape index (κ2) is 10.4. The number of aromatic nitrogens is 2. The van der Waals surface area contributed by atoms with E-state index < -0.39 is 23.7 Å². The number of hydrogen-bond acceptors (Lipinski definition) is 6. The van der Waals surface area contributed by atoms with Gasteiger partial charge in [-0.25, -0.2) is 9.97 Å². The molecule has 10 heteroatoms. The minimum Gasteiger partial charge on any atom is -0.321 e. The zero-order valence-corrected chi connectivity index (χ0v) is 22.6. The standard InChI is InChI=1S/C30H22Cl2N4O4/c31-27-28(32)34-22-14-16(10-11-19(22)33-27)30(40)36-21-13-12-20(35-29(39)15-6-2-1-3-7-15)23-24(21)26(38)18-9-5-4-8-17(18)25(23)37/h1-3,6-7,10-14,17-18H,4-5,8-9H2,(H,35,39)(H,36,40). The normalized spacial score (nSPS) is 18.1. The molecule has 0 saturated heterocycles. The molecule has 1 aromatic heterocycles. The minimum absolute atomic E-state index is 0.0140. The molecule has 40 heavy (non-hydrogen) atoms. The van der Waals surface area contributed by atoms with Gasteiger partial charge in [0.1, 0.15) is 0 Å². The third kappa shape index (κ3) is 4.63. The van der Waals surface area contributed by atoms with Gasteiger partial charge in [-0.05, 0) is 55.3 Å². The van der Waals surface area contributed by atoms with Crippen molar-refractivity contribution in [1.29, 1.82) is 0 Å². The summed E-state index contributed by atoms with van der Waals surface area (Å²) in [6.07, 6.45) is 2.93. The fourth-order valence-electron chi connectivity index (χ4n) is 5.58. The Balaban J connectivity index is 1.40. The first kappa shape index (κ1) is 26.1. The van der Waals surface area contributed by atoms with E-state index in [1.165, 1.54) is 6.07 Å². The summed E-state index contributed by atoms with van der Waals surface area (Å²) in [5.41, 5.74) is 2.23. The van der Waals surface area contributed by atoms with Gasteiger partial charge < -0.3 is 10.6 Å². The van der Waals surface area contributed by atoms with E-state index in [0.29, 0.717) is 29.4 Å². The Bertz CT molecular complexity index is 1720. The molecular formula is C30H22Cl2N4O4. The third-order valence-corrected chi connectivity index (χ3v) is 8.14. The molecule has 2 atom stereocenters.